The first kappa shape index (κ1) is 15.0. The van der Waals surface area contributed by atoms with Crippen LogP contribution in [0.15, 0.2) is 22.7 Å². The first-order chi connectivity index (χ1) is 8.13. The molecule has 0 atom stereocenters. The summed E-state index contributed by atoms with van der Waals surface area (Å²) in [6, 6.07) is 6.81. The van der Waals surface area contributed by atoms with Crippen molar-refractivity contribution in [3.8, 4) is 6.07 Å². The number of hydrogen-bond donors (Lipinski definition) is 1. The highest BCUT2D eigenvalue weighted by Gasteiger charge is 2.22. The van der Waals surface area contributed by atoms with Gasteiger partial charge in [0.15, 0.2) is 0 Å². The van der Waals surface area contributed by atoms with Crippen molar-refractivity contribution in [2.24, 2.45) is 5.41 Å². The van der Waals surface area contributed by atoms with E-state index in [9.17, 15) is 8.42 Å². The summed E-state index contributed by atoms with van der Waals surface area (Å²) in [5.41, 5.74) is 0.261. The molecule has 4 nitrogen and oxygen atoms in total. The van der Waals surface area contributed by atoms with Crippen LogP contribution in [0, 0.1) is 16.7 Å². The van der Waals surface area contributed by atoms with Crippen LogP contribution in [0.2, 0.25) is 0 Å². The molecule has 1 aromatic carbocycles. The number of nitriles is 1. The van der Waals surface area contributed by atoms with E-state index in [0.29, 0.717) is 11.3 Å². The number of sulfonamides is 1. The van der Waals surface area contributed by atoms with E-state index in [2.05, 4.69) is 20.7 Å². The molecule has 0 bridgehead atoms. The molecule has 0 spiro atoms. The fraction of sp³-hybridized carbons (Fsp3) is 0.417. The van der Waals surface area contributed by atoms with Crippen LogP contribution < -0.4 is 4.72 Å². The van der Waals surface area contributed by atoms with Gasteiger partial charge in [-0.1, -0.05) is 36.7 Å². The summed E-state index contributed by atoms with van der Waals surface area (Å²) >= 11 is 3.25. The fourth-order valence-electron chi connectivity index (χ4n) is 1.47. The quantitative estimate of drug-likeness (QED) is 0.925. The van der Waals surface area contributed by atoms with E-state index in [1.165, 1.54) is 0 Å². The molecular weight excluding hydrogens is 316 g/mol. The fourth-order valence-corrected chi connectivity index (χ4v) is 3.55. The predicted molar refractivity (Wildman–Crippen MR) is 75.7 cm³/mol. The van der Waals surface area contributed by atoms with Gasteiger partial charge in [-0.15, -0.1) is 0 Å². The Morgan fingerprint density at radius 3 is 2.50 bits per heavy atom. The molecule has 0 aliphatic rings. The molecule has 0 saturated carbocycles. The lowest BCUT2D eigenvalue weighted by Crippen LogP contribution is -2.26. The van der Waals surface area contributed by atoms with Gasteiger partial charge in [0.25, 0.3) is 0 Å². The minimum absolute atomic E-state index is 0.00260. The van der Waals surface area contributed by atoms with E-state index >= 15 is 0 Å². The van der Waals surface area contributed by atoms with Crippen LogP contribution in [0.4, 0.5) is 5.69 Å². The van der Waals surface area contributed by atoms with Gasteiger partial charge in [-0.05, 0) is 23.6 Å². The average molecular weight is 331 g/mol. The number of nitrogens with one attached hydrogen (secondary N) is 1. The number of benzene rings is 1. The van der Waals surface area contributed by atoms with E-state index < -0.39 is 10.0 Å². The zero-order valence-corrected chi connectivity index (χ0v) is 12.9. The number of nitrogens with zero attached hydrogens (tertiary/aromatic N) is 1. The van der Waals surface area contributed by atoms with Crippen molar-refractivity contribution in [2.45, 2.75) is 20.8 Å². The van der Waals surface area contributed by atoms with Gasteiger partial charge in [-0.3, -0.25) is 4.72 Å². The van der Waals surface area contributed by atoms with E-state index in [0.717, 1.165) is 4.47 Å². The maximum atomic E-state index is 12.0. The Balaban J connectivity index is 3.05. The van der Waals surface area contributed by atoms with Gasteiger partial charge in [-0.2, -0.15) is 5.26 Å². The van der Waals surface area contributed by atoms with Crippen LogP contribution in [0.3, 0.4) is 0 Å². The summed E-state index contributed by atoms with van der Waals surface area (Å²) in [4.78, 5) is 0. The van der Waals surface area contributed by atoms with Gasteiger partial charge >= 0.3 is 0 Å². The van der Waals surface area contributed by atoms with Crippen molar-refractivity contribution in [3.05, 3.63) is 28.2 Å². The first-order valence-corrected chi connectivity index (χ1v) is 7.78. The van der Waals surface area contributed by atoms with Gasteiger partial charge in [0.1, 0.15) is 6.07 Å². The van der Waals surface area contributed by atoms with Crippen LogP contribution >= 0.6 is 15.9 Å². The number of rotatable bonds is 3. The van der Waals surface area contributed by atoms with Crippen LogP contribution in [-0.2, 0) is 10.0 Å². The highest BCUT2D eigenvalue weighted by Crippen LogP contribution is 2.24. The van der Waals surface area contributed by atoms with Crippen molar-refractivity contribution in [1.82, 2.24) is 0 Å². The first-order valence-electron chi connectivity index (χ1n) is 5.33. The lowest BCUT2D eigenvalue weighted by molar-refractivity contribution is 0.463. The maximum Gasteiger partial charge on any atom is 0.233 e. The minimum Gasteiger partial charge on any atom is -0.282 e. The van der Waals surface area contributed by atoms with Crippen molar-refractivity contribution in [1.29, 1.82) is 5.26 Å². The Morgan fingerprint density at radius 2 is 2.00 bits per heavy atom. The molecule has 0 unspecified atom stereocenters. The molecule has 0 aliphatic carbocycles. The highest BCUT2D eigenvalue weighted by atomic mass is 79.9. The molecule has 0 aliphatic heterocycles. The molecule has 18 heavy (non-hydrogen) atoms. The molecule has 1 rings (SSSR count). The smallest absolute Gasteiger partial charge is 0.233 e. The standard InChI is InChI=1S/C12H15BrN2O2S/c1-12(2,3)8-18(16,17)15-11-6-10(13)5-4-9(11)7-14/h4-6,15H,8H2,1-3H3. The van der Waals surface area contributed by atoms with Gasteiger partial charge in [0, 0.05) is 4.47 Å². The normalized spacial score (nSPS) is 11.9. The summed E-state index contributed by atoms with van der Waals surface area (Å²) < 4.78 is 27.1. The zero-order valence-electron chi connectivity index (χ0n) is 10.5. The summed E-state index contributed by atoms with van der Waals surface area (Å²) in [7, 11) is -3.46. The van der Waals surface area contributed by atoms with Gasteiger partial charge in [-0.25, -0.2) is 8.42 Å². The van der Waals surface area contributed by atoms with E-state index in [1.54, 1.807) is 18.2 Å². The SMILES string of the molecule is CC(C)(C)CS(=O)(=O)Nc1cc(Br)ccc1C#N. The molecule has 1 N–H and O–H groups in total. The van der Waals surface area contributed by atoms with E-state index in [1.807, 2.05) is 26.8 Å². The monoisotopic (exact) mass is 330 g/mol. The lowest BCUT2D eigenvalue weighted by atomic mass is 10.0. The molecule has 0 radical (unpaired) electrons. The third kappa shape index (κ3) is 4.67. The maximum absolute atomic E-state index is 12.0. The molecule has 0 saturated heterocycles. The third-order valence-electron chi connectivity index (χ3n) is 1.99. The van der Waals surface area contributed by atoms with Crippen LogP contribution in [-0.4, -0.2) is 14.2 Å². The molecule has 0 fully saturated rings. The molecule has 98 valence electrons. The van der Waals surface area contributed by atoms with Gasteiger partial charge < -0.3 is 0 Å². The summed E-state index contributed by atoms with van der Waals surface area (Å²) in [6.45, 7) is 5.54. The van der Waals surface area contributed by atoms with Crippen molar-refractivity contribution >= 4 is 31.6 Å². The largest absolute Gasteiger partial charge is 0.282 e. The zero-order chi connectivity index (χ0) is 14.0. The van der Waals surface area contributed by atoms with Crippen LogP contribution in [0.1, 0.15) is 26.3 Å². The van der Waals surface area contributed by atoms with Crippen molar-refractivity contribution in [3.63, 3.8) is 0 Å². The van der Waals surface area contributed by atoms with E-state index in [-0.39, 0.29) is 11.2 Å². The highest BCUT2D eigenvalue weighted by molar-refractivity contribution is 9.10. The van der Waals surface area contributed by atoms with Gasteiger partial charge in [0.05, 0.1) is 17.0 Å². The van der Waals surface area contributed by atoms with Crippen LogP contribution in [0.5, 0.6) is 0 Å². The summed E-state index contributed by atoms with van der Waals surface area (Å²) in [5, 5.41) is 8.94. The second-order valence-electron chi connectivity index (χ2n) is 5.22. The second kappa shape index (κ2) is 5.29. The Kier molecular flexibility index (Phi) is 4.41. The Hall–Kier alpha value is -1.06. The van der Waals surface area contributed by atoms with Crippen LogP contribution in [0.25, 0.3) is 0 Å². The third-order valence-corrected chi connectivity index (χ3v) is 4.26. The average Bonchev–Trinajstić information content (AvgIpc) is 2.13. The summed E-state index contributed by atoms with van der Waals surface area (Å²) in [5.74, 6) is -0.00260. The molecule has 1 aromatic rings. The Labute approximate surface area is 116 Å². The molecule has 0 amide bonds. The Morgan fingerprint density at radius 1 is 1.39 bits per heavy atom. The number of hydrogen-bond acceptors (Lipinski definition) is 3. The minimum atomic E-state index is -3.46. The predicted octanol–water partition coefficient (Wildman–Crippen LogP) is 3.11. The van der Waals surface area contributed by atoms with Crippen molar-refractivity contribution in [2.75, 3.05) is 10.5 Å². The van der Waals surface area contributed by atoms with Gasteiger partial charge in [0.2, 0.25) is 10.0 Å². The molecule has 6 heteroatoms. The van der Waals surface area contributed by atoms with Crippen molar-refractivity contribution < 1.29 is 8.42 Å². The second-order valence-corrected chi connectivity index (χ2v) is 7.86. The molecular formula is C12H15BrN2O2S. The summed E-state index contributed by atoms with van der Waals surface area (Å²) in [6.07, 6.45) is 0. The number of halogens is 1. The molecule has 0 aromatic heterocycles. The topological polar surface area (TPSA) is 70.0 Å². The lowest BCUT2D eigenvalue weighted by Gasteiger charge is -2.19. The van der Waals surface area contributed by atoms with E-state index in [4.69, 9.17) is 5.26 Å². The molecule has 0 heterocycles. The number of anilines is 1. The Bertz CT molecular complexity index is 583.